The Morgan fingerprint density at radius 1 is 0.574 bits per heavy atom. The lowest BCUT2D eigenvalue weighted by Gasteiger charge is -2.18. The highest BCUT2D eigenvalue weighted by molar-refractivity contribution is 6.42. The summed E-state index contributed by atoms with van der Waals surface area (Å²) in [5.41, 5.74) is 11.2. The Morgan fingerprint density at radius 3 is 1.36 bits per heavy atom. The third-order valence-corrected chi connectivity index (χ3v) is 14.9. The molecule has 0 saturated heterocycles. The first-order valence-corrected chi connectivity index (χ1v) is 22.0. The minimum absolute atomic E-state index is 0. The van der Waals surface area contributed by atoms with Crippen molar-refractivity contribution in [1.82, 2.24) is 19.9 Å². The number of hydrogen-bond acceptors (Lipinski definition) is 9. The summed E-state index contributed by atoms with van der Waals surface area (Å²) in [5.74, 6) is 9.34. The Balaban J connectivity index is 0.000000166. The van der Waals surface area contributed by atoms with Crippen LogP contribution in [0.5, 0.6) is 23.0 Å². The van der Waals surface area contributed by atoms with Crippen LogP contribution in [-0.2, 0) is 12.8 Å². The van der Waals surface area contributed by atoms with Crippen molar-refractivity contribution >= 4 is 68.2 Å². The maximum atomic E-state index is 6.58. The van der Waals surface area contributed by atoms with Crippen LogP contribution < -0.4 is 24.7 Å². The minimum Gasteiger partial charge on any atom is -0.495 e. The van der Waals surface area contributed by atoms with Gasteiger partial charge < -0.3 is 24.7 Å². The van der Waals surface area contributed by atoms with Gasteiger partial charge in [-0.15, -0.1) is 0 Å². The van der Waals surface area contributed by atoms with Gasteiger partial charge in [0.15, 0.2) is 0 Å². The highest BCUT2D eigenvalue weighted by atomic mass is 35.5. The van der Waals surface area contributed by atoms with Crippen molar-refractivity contribution in [3.05, 3.63) is 92.7 Å². The highest BCUT2D eigenvalue weighted by Crippen LogP contribution is 2.59. The number of aromatic nitrogens is 4. The van der Waals surface area contributed by atoms with Gasteiger partial charge in [0.05, 0.1) is 59.6 Å². The van der Waals surface area contributed by atoms with Gasteiger partial charge in [-0.3, -0.25) is 0 Å². The number of nitrogens with zero attached hydrogens (tertiary/aromatic N) is 4. The summed E-state index contributed by atoms with van der Waals surface area (Å²) < 4.78 is 21.6. The van der Waals surface area contributed by atoms with Crippen molar-refractivity contribution in [3.63, 3.8) is 0 Å². The zero-order valence-corrected chi connectivity index (χ0v) is 37.2. The van der Waals surface area contributed by atoms with E-state index in [9.17, 15) is 0 Å². The highest BCUT2D eigenvalue weighted by Gasteiger charge is 2.52. The summed E-state index contributed by atoms with van der Waals surface area (Å²) >= 11 is 26.3. The van der Waals surface area contributed by atoms with E-state index in [4.69, 9.17) is 81.1 Å². The number of fused-ring (bicyclic) bond motifs is 4. The van der Waals surface area contributed by atoms with Gasteiger partial charge in [-0.2, -0.15) is 0 Å². The van der Waals surface area contributed by atoms with Crippen molar-refractivity contribution in [2.24, 2.45) is 47.2 Å². The lowest BCUT2D eigenvalue weighted by atomic mass is 9.89. The van der Waals surface area contributed by atoms with Gasteiger partial charge in [0.1, 0.15) is 34.6 Å². The van der Waals surface area contributed by atoms with Gasteiger partial charge in [-0.1, -0.05) is 72.9 Å². The van der Waals surface area contributed by atoms with Crippen molar-refractivity contribution in [2.45, 2.75) is 58.9 Å². The molecule has 2 aromatic heterocycles. The Hall–Kier alpha value is -4.12. The van der Waals surface area contributed by atoms with E-state index in [-0.39, 0.29) is 13.5 Å². The Morgan fingerprint density at radius 2 is 0.984 bits per heavy atom. The van der Waals surface area contributed by atoms with E-state index < -0.39 is 0 Å². The van der Waals surface area contributed by atoms with Crippen molar-refractivity contribution in [1.29, 1.82) is 0 Å². The maximum absolute atomic E-state index is 6.58. The second-order valence-corrected chi connectivity index (χ2v) is 18.4. The molecule has 0 aliphatic heterocycles. The number of halogens is 4. The molecule has 4 saturated carbocycles. The summed E-state index contributed by atoms with van der Waals surface area (Å²) in [4.78, 5) is 18.9. The Bertz CT molecular complexity index is 2390. The number of ether oxygens (including phenoxy) is 4. The molecule has 8 atom stereocenters. The van der Waals surface area contributed by atoms with Crippen LogP contribution in [-0.4, -0.2) is 54.4 Å². The topological polar surface area (TPSA) is 114 Å². The quantitative estimate of drug-likeness (QED) is 0.143. The van der Waals surface area contributed by atoms with Crippen LogP contribution in [0, 0.1) is 41.4 Å². The predicted octanol–water partition coefficient (Wildman–Crippen LogP) is 12.2. The summed E-state index contributed by atoms with van der Waals surface area (Å²) in [6.45, 7) is 2.38. The van der Waals surface area contributed by atoms with Crippen LogP contribution in [0.15, 0.2) is 60.9 Å². The molecule has 61 heavy (non-hydrogen) atoms. The standard InChI is InChI=1S/C24H24Cl2N2O2.C23H23Cl2N3O2.CH4/c1-12-6-14-8-17(14)16(12)9-21-27-11-15-7-13(4-5-18(15)28-21)22-23(25)19(29-2)10-20(30-3)24(22)26;1-29-18-9-19(30-2)23(25)21(22(18)24)11-3-4-17-13(5-11)10-27-20(28-17)8-15-14-6-12(14)7-16(15)26;/h4-5,7,10-12,14,16-17H,6,8-9H2,1-3H3;3-5,9-10,12,14-16H,6-8,26H2,1-2H3;1H4/t12-,14+,16-,17-;12-,14-,15+,16-;/m00./s1. The molecular weight excluding hydrogens is 852 g/mol. The van der Waals surface area contributed by atoms with E-state index in [0.29, 0.717) is 60.1 Å². The van der Waals surface area contributed by atoms with Gasteiger partial charge in [0, 0.05) is 65.3 Å². The lowest BCUT2D eigenvalue weighted by molar-refractivity contribution is 0.354. The first-order valence-electron chi connectivity index (χ1n) is 20.5. The van der Waals surface area contributed by atoms with E-state index in [0.717, 1.165) is 99.4 Å². The third kappa shape index (κ3) is 8.29. The molecule has 320 valence electrons. The van der Waals surface area contributed by atoms with Crippen LogP contribution in [0.4, 0.5) is 0 Å². The lowest BCUT2D eigenvalue weighted by Crippen LogP contribution is -2.29. The van der Waals surface area contributed by atoms with Gasteiger partial charge >= 0.3 is 0 Å². The van der Waals surface area contributed by atoms with Gasteiger partial charge in [-0.25, -0.2) is 19.9 Å². The molecule has 0 spiro atoms. The van der Waals surface area contributed by atoms with Crippen LogP contribution >= 0.6 is 46.4 Å². The SMILES string of the molecule is C.COc1cc(OC)c(Cl)c(-c2ccc3nc(C[C@@H]4[C@H]5C[C@H]5C[C@@H]4C)ncc3c2)c1Cl.COc1cc(OC)c(Cl)c(-c2ccc3nc(C[C@@H]4[C@H]5C[C@H]5C[C@@H]4N)ncc3c2)c1Cl. The fraction of sp³-hybridized carbons (Fsp3) is 0.417. The molecule has 0 amide bonds. The smallest absolute Gasteiger partial charge is 0.141 e. The summed E-state index contributed by atoms with van der Waals surface area (Å²) in [5, 5.41) is 3.66. The number of hydrogen-bond donors (Lipinski definition) is 1. The van der Waals surface area contributed by atoms with Crippen molar-refractivity contribution in [2.75, 3.05) is 28.4 Å². The molecular formula is C48H51Cl4N5O4. The molecule has 4 aliphatic carbocycles. The predicted molar refractivity (Wildman–Crippen MR) is 247 cm³/mol. The number of benzene rings is 4. The van der Waals surface area contributed by atoms with Crippen molar-refractivity contribution in [3.8, 4) is 45.3 Å². The average Bonchev–Trinajstić information content (AvgIpc) is 4.15. The summed E-state index contributed by atoms with van der Waals surface area (Å²) in [6, 6.07) is 15.6. The van der Waals surface area contributed by atoms with E-state index in [2.05, 4.69) is 16.9 Å². The third-order valence-electron chi connectivity index (χ3n) is 13.4. The second-order valence-electron chi connectivity index (χ2n) is 16.9. The zero-order valence-electron chi connectivity index (χ0n) is 34.1. The van der Waals surface area contributed by atoms with E-state index >= 15 is 0 Å². The summed E-state index contributed by atoms with van der Waals surface area (Å²) in [7, 11) is 6.27. The van der Waals surface area contributed by atoms with E-state index in [1.54, 1.807) is 40.6 Å². The van der Waals surface area contributed by atoms with Crippen LogP contribution in [0.25, 0.3) is 44.1 Å². The van der Waals surface area contributed by atoms with Crippen molar-refractivity contribution < 1.29 is 18.9 Å². The molecule has 9 nitrogen and oxygen atoms in total. The largest absolute Gasteiger partial charge is 0.495 e. The maximum Gasteiger partial charge on any atom is 0.141 e. The van der Waals surface area contributed by atoms with Crippen LogP contribution in [0.2, 0.25) is 20.1 Å². The molecule has 4 fully saturated rings. The molecule has 4 aromatic carbocycles. The molecule has 0 bridgehead atoms. The molecule has 6 aromatic rings. The first-order chi connectivity index (χ1) is 29.0. The second kappa shape index (κ2) is 17.6. The minimum atomic E-state index is 0. The number of nitrogens with two attached hydrogens (primary N) is 1. The monoisotopic (exact) mass is 901 g/mol. The molecule has 0 radical (unpaired) electrons. The molecule has 2 heterocycles. The Labute approximate surface area is 377 Å². The van der Waals surface area contributed by atoms with E-state index in [1.165, 1.54) is 19.3 Å². The first kappa shape index (κ1) is 43.5. The number of rotatable bonds is 10. The molecule has 0 unspecified atom stereocenters. The van der Waals surface area contributed by atoms with Gasteiger partial charge in [-0.05, 0) is 103 Å². The molecule has 4 aliphatic rings. The Kier molecular flexibility index (Phi) is 12.5. The van der Waals surface area contributed by atoms with Gasteiger partial charge in [0.25, 0.3) is 0 Å². The average molecular weight is 904 g/mol. The number of methoxy groups -OCH3 is 4. The zero-order chi connectivity index (χ0) is 42.0. The summed E-state index contributed by atoms with van der Waals surface area (Å²) in [6.07, 6.45) is 10.8. The molecule has 13 heteroatoms. The molecule has 2 N–H and O–H groups in total. The fourth-order valence-electron chi connectivity index (χ4n) is 10.1. The normalized spacial score (nSPS) is 24.3. The van der Waals surface area contributed by atoms with Crippen LogP contribution in [0.1, 0.15) is 51.7 Å². The van der Waals surface area contributed by atoms with Gasteiger partial charge in [0.2, 0.25) is 0 Å². The van der Waals surface area contributed by atoms with Crippen LogP contribution in [0.3, 0.4) is 0 Å². The van der Waals surface area contributed by atoms with E-state index in [1.807, 2.05) is 48.8 Å². The molecule has 10 rings (SSSR count). The fourth-order valence-corrected chi connectivity index (χ4v) is 11.5.